The van der Waals surface area contributed by atoms with E-state index in [1.54, 1.807) is 18.3 Å². The van der Waals surface area contributed by atoms with Gasteiger partial charge in [0.25, 0.3) is 0 Å². The van der Waals surface area contributed by atoms with Gasteiger partial charge in [0, 0.05) is 18.3 Å². The molecule has 1 aromatic heterocycles. The lowest BCUT2D eigenvalue weighted by Gasteiger charge is -2.25. The number of anilines is 1. The minimum absolute atomic E-state index is 0.123. The Hall–Kier alpha value is -1.60. The average Bonchev–Trinajstić information content (AvgIpc) is 2.17. The van der Waals surface area contributed by atoms with Gasteiger partial charge in [-0.25, -0.2) is 4.98 Å². The number of aromatic nitrogens is 1. The summed E-state index contributed by atoms with van der Waals surface area (Å²) in [4.78, 5) is 4.11. The van der Waals surface area contributed by atoms with Gasteiger partial charge in [-0.1, -0.05) is 0 Å². The highest BCUT2D eigenvalue weighted by Gasteiger charge is 2.16. The van der Waals surface area contributed by atoms with E-state index in [2.05, 4.69) is 16.4 Å². The molecule has 0 radical (unpaired) electrons. The molecule has 80 valence electrons. The largest absolute Gasteiger partial charge is 0.396 e. The van der Waals surface area contributed by atoms with E-state index in [0.717, 1.165) is 0 Å². The zero-order valence-electron chi connectivity index (χ0n) is 8.99. The van der Waals surface area contributed by atoms with Crippen LogP contribution in [0.25, 0.3) is 0 Å². The standard InChI is InChI=1S/C11H15N3O/c1-11(2,4-6-15)14-10-7-9(8-12)3-5-13-10/h3,5,7,15H,4,6H2,1-2H3,(H,13,14). The van der Waals surface area contributed by atoms with Crippen molar-refractivity contribution in [2.24, 2.45) is 0 Å². The lowest BCUT2D eigenvalue weighted by molar-refractivity contribution is 0.260. The molecule has 0 aliphatic carbocycles. The minimum atomic E-state index is -0.226. The Morgan fingerprint density at radius 3 is 2.93 bits per heavy atom. The number of nitrogens with one attached hydrogen (secondary N) is 1. The van der Waals surface area contributed by atoms with Crippen molar-refractivity contribution >= 4 is 5.82 Å². The molecular weight excluding hydrogens is 190 g/mol. The molecule has 2 N–H and O–H groups in total. The lowest BCUT2D eigenvalue weighted by atomic mass is 10.0. The lowest BCUT2D eigenvalue weighted by Crippen LogP contribution is -2.32. The molecule has 0 aliphatic rings. The van der Waals surface area contributed by atoms with Gasteiger partial charge < -0.3 is 10.4 Å². The molecule has 0 atom stereocenters. The van der Waals surface area contributed by atoms with E-state index in [0.29, 0.717) is 17.8 Å². The highest BCUT2D eigenvalue weighted by atomic mass is 16.3. The highest BCUT2D eigenvalue weighted by Crippen LogP contribution is 2.16. The minimum Gasteiger partial charge on any atom is -0.396 e. The summed E-state index contributed by atoms with van der Waals surface area (Å²) in [5, 5.41) is 20.8. The van der Waals surface area contributed by atoms with E-state index in [1.165, 1.54) is 0 Å². The van der Waals surface area contributed by atoms with Crippen molar-refractivity contribution in [2.75, 3.05) is 11.9 Å². The van der Waals surface area contributed by atoms with Crippen LogP contribution < -0.4 is 5.32 Å². The summed E-state index contributed by atoms with van der Waals surface area (Å²) in [6.45, 7) is 4.08. The van der Waals surface area contributed by atoms with Crippen LogP contribution in [0.5, 0.6) is 0 Å². The zero-order valence-corrected chi connectivity index (χ0v) is 8.99. The monoisotopic (exact) mass is 205 g/mol. The Morgan fingerprint density at radius 2 is 2.33 bits per heavy atom. The van der Waals surface area contributed by atoms with Gasteiger partial charge >= 0.3 is 0 Å². The first-order valence-corrected chi connectivity index (χ1v) is 4.82. The number of pyridine rings is 1. The Bertz CT molecular complexity index is 368. The number of rotatable bonds is 4. The summed E-state index contributed by atoms with van der Waals surface area (Å²) in [6.07, 6.45) is 2.22. The van der Waals surface area contributed by atoms with Gasteiger partial charge in [-0.05, 0) is 32.4 Å². The van der Waals surface area contributed by atoms with Crippen molar-refractivity contribution < 1.29 is 5.11 Å². The number of aliphatic hydroxyl groups excluding tert-OH is 1. The SMILES string of the molecule is CC(C)(CCO)Nc1cc(C#N)ccn1. The van der Waals surface area contributed by atoms with Gasteiger partial charge in [-0.15, -0.1) is 0 Å². The van der Waals surface area contributed by atoms with Gasteiger partial charge in [0.2, 0.25) is 0 Å². The van der Waals surface area contributed by atoms with Gasteiger partial charge in [-0.3, -0.25) is 0 Å². The Morgan fingerprint density at radius 1 is 1.60 bits per heavy atom. The molecule has 4 nitrogen and oxygen atoms in total. The molecule has 0 fully saturated rings. The van der Waals surface area contributed by atoms with Crippen molar-refractivity contribution in [3.63, 3.8) is 0 Å². The third-order valence-electron chi connectivity index (χ3n) is 2.09. The Labute approximate surface area is 89.6 Å². The van der Waals surface area contributed by atoms with Crippen LogP contribution in [-0.4, -0.2) is 22.2 Å². The first kappa shape index (κ1) is 11.5. The van der Waals surface area contributed by atoms with Crippen LogP contribution in [0.1, 0.15) is 25.8 Å². The summed E-state index contributed by atoms with van der Waals surface area (Å²) in [5.41, 5.74) is 0.350. The van der Waals surface area contributed by atoms with Crippen molar-refractivity contribution in [2.45, 2.75) is 25.8 Å². The third kappa shape index (κ3) is 3.56. The molecule has 0 aromatic carbocycles. The van der Waals surface area contributed by atoms with E-state index < -0.39 is 0 Å². The second-order valence-corrected chi connectivity index (χ2v) is 4.02. The quantitative estimate of drug-likeness (QED) is 0.782. The first-order chi connectivity index (χ1) is 7.07. The predicted octanol–water partition coefficient (Wildman–Crippen LogP) is 1.53. The fourth-order valence-corrected chi connectivity index (χ4v) is 1.26. The molecular formula is C11H15N3O. The van der Waals surface area contributed by atoms with E-state index in [1.807, 2.05) is 13.8 Å². The fourth-order valence-electron chi connectivity index (χ4n) is 1.26. The molecule has 0 saturated carbocycles. The van der Waals surface area contributed by atoms with E-state index in [-0.39, 0.29) is 12.1 Å². The fraction of sp³-hybridized carbons (Fsp3) is 0.455. The number of nitriles is 1. The Kier molecular flexibility index (Phi) is 3.64. The van der Waals surface area contributed by atoms with Crippen molar-refractivity contribution in [1.82, 2.24) is 4.98 Å². The molecule has 1 rings (SSSR count). The number of aliphatic hydroxyl groups is 1. The van der Waals surface area contributed by atoms with Crippen LogP contribution in [0.15, 0.2) is 18.3 Å². The molecule has 4 heteroatoms. The predicted molar refractivity (Wildman–Crippen MR) is 58.4 cm³/mol. The molecule has 0 aliphatic heterocycles. The van der Waals surface area contributed by atoms with Crippen molar-refractivity contribution in [1.29, 1.82) is 5.26 Å². The van der Waals surface area contributed by atoms with Crippen LogP contribution in [-0.2, 0) is 0 Å². The van der Waals surface area contributed by atoms with Gasteiger partial charge in [-0.2, -0.15) is 5.26 Å². The second kappa shape index (κ2) is 4.76. The maximum Gasteiger partial charge on any atom is 0.127 e. The normalized spacial score (nSPS) is 10.8. The topological polar surface area (TPSA) is 68.9 Å². The molecule has 0 amide bonds. The van der Waals surface area contributed by atoms with Crippen LogP contribution >= 0.6 is 0 Å². The van der Waals surface area contributed by atoms with E-state index >= 15 is 0 Å². The summed E-state index contributed by atoms with van der Waals surface area (Å²) < 4.78 is 0. The molecule has 0 spiro atoms. The summed E-state index contributed by atoms with van der Waals surface area (Å²) in [5.74, 6) is 0.660. The van der Waals surface area contributed by atoms with Crippen LogP contribution in [0.2, 0.25) is 0 Å². The third-order valence-corrected chi connectivity index (χ3v) is 2.09. The zero-order chi connectivity index (χ0) is 11.3. The number of nitrogens with zero attached hydrogens (tertiary/aromatic N) is 2. The number of hydrogen-bond acceptors (Lipinski definition) is 4. The molecule has 0 saturated heterocycles. The number of hydrogen-bond donors (Lipinski definition) is 2. The van der Waals surface area contributed by atoms with Crippen molar-refractivity contribution in [3.05, 3.63) is 23.9 Å². The highest BCUT2D eigenvalue weighted by molar-refractivity contribution is 5.43. The second-order valence-electron chi connectivity index (χ2n) is 4.02. The molecule has 0 unspecified atom stereocenters. The summed E-state index contributed by atoms with van der Waals surface area (Å²) in [7, 11) is 0. The van der Waals surface area contributed by atoms with Gasteiger partial charge in [0.15, 0.2) is 0 Å². The first-order valence-electron chi connectivity index (χ1n) is 4.82. The molecule has 1 aromatic rings. The van der Waals surface area contributed by atoms with Crippen molar-refractivity contribution in [3.8, 4) is 6.07 Å². The molecule has 15 heavy (non-hydrogen) atoms. The Balaban J connectivity index is 2.76. The smallest absolute Gasteiger partial charge is 0.127 e. The van der Waals surface area contributed by atoms with E-state index in [4.69, 9.17) is 10.4 Å². The summed E-state index contributed by atoms with van der Waals surface area (Å²) >= 11 is 0. The van der Waals surface area contributed by atoms with E-state index in [9.17, 15) is 0 Å². The van der Waals surface area contributed by atoms with Crippen LogP contribution in [0.4, 0.5) is 5.82 Å². The molecule has 0 bridgehead atoms. The van der Waals surface area contributed by atoms with Crippen LogP contribution in [0, 0.1) is 11.3 Å². The summed E-state index contributed by atoms with van der Waals surface area (Å²) in [6, 6.07) is 5.41. The van der Waals surface area contributed by atoms with Gasteiger partial charge in [0.1, 0.15) is 5.82 Å². The van der Waals surface area contributed by atoms with Crippen LogP contribution in [0.3, 0.4) is 0 Å². The molecule has 1 heterocycles. The maximum atomic E-state index is 8.87. The maximum absolute atomic E-state index is 8.87. The van der Waals surface area contributed by atoms with Gasteiger partial charge in [0.05, 0.1) is 11.6 Å². The average molecular weight is 205 g/mol.